The van der Waals surface area contributed by atoms with Crippen molar-refractivity contribution in [1.82, 2.24) is 9.97 Å². The van der Waals surface area contributed by atoms with Crippen LogP contribution >= 0.6 is 23.1 Å². The Balaban J connectivity index is 2.22. The van der Waals surface area contributed by atoms with E-state index in [0.717, 1.165) is 5.69 Å². The first-order valence-corrected chi connectivity index (χ1v) is 7.29. The highest BCUT2D eigenvalue weighted by atomic mass is 32.2. The van der Waals surface area contributed by atoms with Crippen LogP contribution < -0.4 is 11.3 Å². The number of rotatable bonds is 4. The first kappa shape index (κ1) is 13.3. The summed E-state index contributed by atoms with van der Waals surface area (Å²) in [4.78, 5) is 20.9. The summed E-state index contributed by atoms with van der Waals surface area (Å²) in [7, 11) is 0. The Bertz CT molecular complexity index is 591. The number of H-pyrrole nitrogens is 1. The molecule has 6 heteroatoms. The lowest BCUT2D eigenvalue weighted by Crippen LogP contribution is -2.12. The zero-order chi connectivity index (χ0) is 13.1. The number of nitrogens with two attached hydrogens (primary N) is 1. The van der Waals surface area contributed by atoms with E-state index in [-0.39, 0.29) is 10.8 Å². The number of nitrogens with one attached hydrogen (secondary N) is 1. The van der Waals surface area contributed by atoms with Crippen LogP contribution in [0.5, 0.6) is 0 Å². The topological polar surface area (TPSA) is 71.8 Å². The Kier molecular flexibility index (Phi) is 4.21. The highest BCUT2D eigenvalue weighted by molar-refractivity contribution is 7.99. The molecule has 1 atom stereocenters. The predicted molar refractivity (Wildman–Crippen MR) is 76.3 cm³/mol. The Hall–Kier alpha value is -1.11. The summed E-state index contributed by atoms with van der Waals surface area (Å²) < 4.78 is 0. The number of hydrogen-bond acceptors (Lipinski definition) is 5. The van der Waals surface area contributed by atoms with Gasteiger partial charge in [0.15, 0.2) is 5.16 Å². The minimum absolute atomic E-state index is 0.122. The van der Waals surface area contributed by atoms with Crippen molar-refractivity contribution in [2.45, 2.75) is 24.3 Å². The van der Waals surface area contributed by atoms with E-state index in [1.807, 2.05) is 6.92 Å². The number of nitrogens with zero attached hydrogens (tertiary/aromatic N) is 1. The van der Waals surface area contributed by atoms with Crippen molar-refractivity contribution in [3.05, 3.63) is 44.0 Å². The van der Waals surface area contributed by atoms with Crippen LogP contribution in [0.3, 0.4) is 0 Å². The summed E-state index contributed by atoms with van der Waals surface area (Å²) in [6.07, 6.45) is 0. The number of aromatic amines is 1. The quantitative estimate of drug-likeness (QED) is 0.666. The zero-order valence-corrected chi connectivity index (χ0v) is 11.9. The molecular formula is C12H15N3OS2. The molecule has 0 aliphatic heterocycles. The van der Waals surface area contributed by atoms with Gasteiger partial charge in [0.1, 0.15) is 0 Å². The SMILES string of the molecule is Cc1cc(=O)[nH]c(SC(CN)c2ccc(C)s2)n1. The Morgan fingerprint density at radius 3 is 2.83 bits per heavy atom. The second kappa shape index (κ2) is 5.69. The van der Waals surface area contributed by atoms with Gasteiger partial charge in [-0.25, -0.2) is 4.98 Å². The maximum Gasteiger partial charge on any atom is 0.251 e. The fourth-order valence-corrected chi connectivity index (χ4v) is 3.67. The molecule has 2 aromatic rings. The predicted octanol–water partition coefficient (Wildman–Crippen LogP) is 2.24. The molecule has 1 unspecified atom stereocenters. The highest BCUT2D eigenvalue weighted by Crippen LogP contribution is 2.35. The summed E-state index contributed by atoms with van der Waals surface area (Å²) in [5.41, 5.74) is 6.40. The van der Waals surface area contributed by atoms with Crippen LogP contribution in [0.4, 0.5) is 0 Å². The van der Waals surface area contributed by atoms with Gasteiger partial charge in [-0.2, -0.15) is 0 Å². The van der Waals surface area contributed by atoms with Gasteiger partial charge in [-0.15, -0.1) is 11.3 Å². The Morgan fingerprint density at radius 1 is 1.50 bits per heavy atom. The van der Waals surface area contributed by atoms with Crippen molar-refractivity contribution >= 4 is 23.1 Å². The standard InChI is InChI=1S/C12H15N3OS2/c1-7-5-11(16)15-12(14-7)18-10(6-13)9-4-3-8(2)17-9/h3-5,10H,6,13H2,1-2H3,(H,14,15,16). The maximum atomic E-state index is 11.4. The molecule has 0 aromatic carbocycles. The zero-order valence-electron chi connectivity index (χ0n) is 10.3. The molecule has 2 heterocycles. The molecule has 4 nitrogen and oxygen atoms in total. The van der Waals surface area contributed by atoms with Crippen LogP contribution in [0, 0.1) is 13.8 Å². The van der Waals surface area contributed by atoms with Crippen LogP contribution in [0.15, 0.2) is 28.2 Å². The van der Waals surface area contributed by atoms with Crippen LogP contribution in [0.2, 0.25) is 0 Å². The normalized spacial score (nSPS) is 12.6. The number of thioether (sulfide) groups is 1. The van der Waals surface area contributed by atoms with Crippen molar-refractivity contribution in [2.24, 2.45) is 5.73 Å². The third-order valence-corrected chi connectivity index (χ3v) is 4.81. The van der Waals surface area contributed by atoms with E-state index in [1.54, 1.807) is 11.3 Å². The second-order valence-corrected chi connectivity index (χ2v) is 6.49. The van der Waals surface area contributed by atoms with Gasteiger partial charge in [0.2, 0.25) is 0 Å². The molecule has 2 rings (SSSR count). The van der Waals surface area contributed by atoms with Crippen molar-refractivity contribution < 1.29 is 0 Å². The van der Waals surface area contributed by atoms with Gasteiger partial charge in [-0.1, -0.05) is 11.8 Å². The largest absolute Gasteiger partial charge is 0.329 e. The minimum Gasteiger partial charge on any atom is -0.329 e. The van der Waals surface area contributed by atoms with E-state index in [2.05, 4.69) is 29.0 Å². The average molecular weight is 281 g/mol. The summed E-state index contributed by atoms with van der Waals surface area (Å²) in [5.74, 6) is 0. The third kappa shape index (κ3) is 3.22. The van der Waals surface area contributed by atoms with Crippen molar-refractivity contribution in [1.29, 1.82) is 0 Å². The fourth-order valence-electron chi connectivity index (χ4n) is 1.59. The lowest BCUT2D eigenvalue weighted by Gasteiger charge is -2.11. The molecule has 2 aromatic heterocycles. The summed E-state index contributed by atoms with van der Waals surface area (Å²) in [6.45, 7) is 4.40. The molecule has 0 saturated carbocycles. The molecule has 96 valence electrons. The van der Waals surface area contributed by atoms with Crippen LogP contribution in [-0.2, 0) is 0 Å². The number of hydrogen-bond donors (Lipinski definition) is 2. The van der Waals surface area contributed by atoms with Crippen molar-refractivity contribution in [3.63, 3.8) is 0 Å². The highest BCUT2D eigenvalue weighted by Gasteiger charge is 2.15. The second-order valence-electron chi connectivity index (χ2n) is 3.98. The number of aryl methyl sites for hydroxylation is 2. The van der Waals surface area contributed by atoms with Crippen LogP contribution in [0.1, 0.15) is 20.7 Å². The Morgan fingerprint density at radius 2 is 2.28 bits per heavy atom. The lowest BCUT2D eigenvalue weighted by molar-refractivity contribution is 0.884. The van der Waals surface area contributed by atoms with Gasteiger partial charge < -0.3 is 10.7 Å². The molecule has 0 fully saturated rings. The maximum absolute atomic E-state index is 11.4. The first-order chi connectivity index (χ1) is 8.58. The van der Waals surface area contributed by atoms with Gasteiger partial charge in [0.05, 0.1) is 5.25 Å². The van der Waals surface area contributed by atoms with E-state index in [9.17, 15) is 4.79 Å². The first-order valence-electron chi connectivity index (χ1n) is 5.59. The minimum atomic E-state index is -0.122. The van der Waals surface area contributed by atoms with Crippen molar-refractivity contribution in [3.8, 4) is 0 Å². The summed E-state index contributed by atoms with van der Waals surface area (Å²) in [6, 6.07) is 5.64. The molecule has 0 aliphatic carbocycles. The fraction of sp³-hybridized carbons (Fsp3) is 0.333. The van der Waals surface area contributed by atoms with Gasteiger partial charge in [-0.3, -0.25) is 4.79 Å². The van der Waals surface area contributed by atoms with E-state index in [1.165, 1.54) is 27.6 Å². The molecule has 3 N–H and O–H groups in total. The molecular weight excluding hydrogens is 266 g/mol. The molecule has 0 amide bonds. The Labute approximate surface area is 114 Å². The average Bonchev–Trinajstić information content (AvgIpc) is 2.71. The lowest BCUT2D eigenvalue weighted by atomic mass is 10.3. The van der Waals surface area contributed by atoms with Gasteiger partial charge >= 0.3 is 0 Å². The molecule has 18 heavy (non-hydrogen) atoms. The van der Waals surface area contributed by atoms with Gasteiger partial charge in [-0.05, 0) is 26.0 Å². The van der Waals surface area contributed by atoms with E-state index < -0.39 is 0 Å². The van der Waals surface area contributed by atoms with Crippen LogP contribution in [0.25, 0.3) is 0 Å². The molecule has 0 bridgehead atoms. The molecule has 0 saturated heterocycles. The monoisotopic (exact) mass is 281 g/mol. The van der Waals surface area contributed by atoms with Gasteiger partial charge in [0, 0.05) is 28.1 Å². The van der Waals surface area contributed by atoms with E-state index in [4.69, 9.17) is 5.73 Å². The van der Waals surface area contributed by atoms with Crippen LogP contribution in [-0.4, -0.2) is 16.5 Å². The van der Waals surface area contributed by atoms with E-state index in [0.29, 0.717) is 11.7 Å². The van der Waals surface area contributed by atoms with Crippen molar-refractivity contribution in [2.75, 3.05) is 6.54 Å². The van der Waals surface area contributed by atoms with E-state index >= 15 is 0 Å². The molecule has 0 radical (unpaired) electrons. The smallest absolute Gasteiger partial charge is 0.251 e. The molecule has 0 aliphatic rings. The van der Waals surface area contributed by atoms with Gasteiger partial charge in [0.25, 0.3) is 5.56 Å². The summed E-state index contributed by atoms with van der Waals surface area (Å²) >= 11 is 3.23. The number of thiophene rings is 1. The number of aromatic nitrogens is 2. The summed E-state index contributed by atoms with van der Waals surface area (Å²) in [5, 5.41) is 0.759. The third-order valence-electron chi connectivity index (χ3n) is 2.39. The molecule has 0 spiro atoms.